The van der Waals surface area contributed by atoms with E-state index in [1.807, 2.05) is 41.8 Å². The first kappa shape index (κ1) is 21.9. The van der Waals surface area contributed by atoms with Gasteiger partial charge < -0.3 is 19.6 Å². The second-order valence-corrected chi connectivity index (χ2v) is 5.93. The van der Waals surface area contributed by atoms with Crippen molar-refractivity contribution in [2.75, 3.05) is 13.1 Å². The van der Waals surface area contributed by atoms with Crippen LogP contribution in [0.3, 0.4) is 0 Å². The van der Waals surface area contributed by atoms with Gasteiger partial charge in [0.05, 0.1) is 6.54 Å². The molecule has 1 aromatic carbocycles. The van der Waals surface area contributed by atoms with Crippen LogP contribution in [0.1, 0.15) is 25.4 Å². The smallest absolute Gasteiger partial charge is 0.226 e. The Balaban J connectivity index is 0.00000280. The van der Waals surface area contributed by atoms with E-state index in [-0.39, 0.29) is 24.0 Å². The third kappa shape index (κ3) is 6.04. The molecule has 9 heteroatoms. The van der Waals surface area contributed by atoms with Crippen molar-refractivity contribution in [1.82, 2.24) is 30.4 Å². The molecule has 0 saturated carbocycles. The first-order valence-electron chi connectivity index (χ1n) is 9.18. The molecule has 0 bridgehead atoms. The van der Waals surface area contributed by atoms with Crippen molar-refractivity contribution in [3.63, 3.8) is 0 Å². The second kappa shape index (κ2) is 11.4. The number of rotatable bonds is 8. The minimum absolute atomic E-state index is 0. The number of oxazole rings is 1. The molecule has 150 valence electrons. The third-order valence-electron chi connectivity index (χ3n) is 3.97. The summed E-state index contributed by atoms with van der Waals surface area (Å²) in [5, 5.41) is 14.6. The number of nitrogens with one attached hydrogen (secondary N) is 2. The molecule has 0 fully saturated rings. The third-order valence-corrected chi connectivity index (χ3v) is 3.97. The zero-order valence-corrected chi connectivity index (χ0v) is 18.5. The lowest BCUT2D eigenvalue weighted by molar-refractivity contribution is 0.572. The van der Waals surface area contributed by atoms with Crippen LogP contribution >= 0.6 is 24.0 Å². The van der Waals surface area contributed by atoms with E-state index in [1.54, 1.807) is 12.6 Å². The van der Waals surface area contributed by atoms with Crippen LogP contribution in [0.2, 0.25) is 0 Å². The summed E-state index contributed by atoms with van der Waals surface area (Å²) in [4.78, 5) is 9.09. The van der Waals surface area contributed by atoms with E-state index in [0.717, 1.165) is 49.1 Å². The molecule has 3 rings (SSSR count). The van der Waals surface area contributed by atoms with Crippen LogP contribution in [0.15, 0.2) is 52.3 Å². The Kier molecular flexibility index (Phi) is 8.92. The van der Waals surface area contributed by atoms with Crippen molar-refractivity contribution in [1.29, 1.82) is 0 Å². The second-order valence-electron chi connectivity index (χ2n) is 5.93. The lowest BCUT2D eigenvalue weighted by Crippen LogP contribution is -2.38. The number of hydrogen-bond acceptors (Lipinski definition) is 5. The maximum Gasteiger partial charge on any atom is 0.226 e. The summed E-state index contributed by atoms with van der Waals surface area (Å²) in [5.41, 5.74) is 1.75. The Morgan fingerprint density at radius 1 is 1.18 bits per heavy atom. The molecule has 2 N–H and O–H groups in total. The number of aryl methyl sites for hydroxylation is 1. The van der Waals surface area contributed by atoms with Gasteiger partial charge in [-0.15, -0.1) is 34.2 Å². The van der Waals surface area contributed by atoms with E-state index < -0.39 is 0 Å². The van der Waals surface area contributed by atoms with E-state index in [4.69, 9.17) is 4.42 Å². The van der Waals surface area contributed by atoms with Gasteiger partial charge in [-0.25, -0.2) is 9.98 Å². The number of guanidine groups is 1. The summed E-state index contributed by atoms with van der Waals surface area (Å²) >= 11 is 0. The number of hydrogen-bond donors (Lipinski definition) is 2. The van der Waals surface area contributed by atoms with Crippen molar-refractivity contribution >= 4 is 29.9 Å². The molecule has 2 aromatic heterocycles. The van der Waals surface area contributed by atoms with Gasteiger partial charge in [0, 0.05) is 31.6 Å². The maximum absolute atomic E-state index is 5.56. The Morgan fingerprint density at radius 3 is 2.75 bits per heavy atom. The fourth-order valence-corrected chi connectivity index (χ4v) is 2.63. The summed E-state index contributed by atoms with van der Waals surface area (Å²) < 4.78 is 7.60. The fourth-order valence-electron chi connectivity index (χ4n) is 2.63. The molecule has 0 aliphatic rings. The van der Waals surface area contributed by atoms with Crippen LogP contribution in [0.5, 0.6) is 0 Å². The lowest BCUT2D eigenvalue weighted by Gasteiger charge is -2.11. The number of benzene rings is 1. The Labute approximate surface area is 181 Å². The Bertz CT molecular complexity index is 860. The number of halogens is 1. The monoisotopic (exact) mass is 495 g/mol. The Morgan fingerprint density at radius 2 is 2.00 bits per heavy atom. The van der Waals surface area contributed by atoms with Gasteiger partial charge in [0.25, 0.3) is 0 Å². The summed E-state index contributed by atoms with van der Waals surface area (Å²) in [5.74, 6) is 2.33. The molecule has 2 heterocycles. The van der Waals surface area contributed by atoms with Gasteiger partial charge in [0.1, 0.15) is 24.1 Å². The maximum atomic E-state index is 5.56. The zero-order valence-electron chi connectivity index (χ0n) is 16.1. The van der Waals surface area contributed by atoms with E-state index in [0.29, 0.717) is 12.4 Å². The minimum atomic E-state index is 0. The summed E-state index contributed by atoms with van der Waals surface area (Å²) in [6.07, 6.45) is 4.27. The van der Waals surface area contributed by atoms with Crippen LogP contribution < -0.4 is 10.6 Å². The molecule has 0 aliphatic carbocycles. The van der Waals surface area contributed by atoms with E-state index in [2.05, 4.69) is 37.7 Å². The van der Waals surface area contributed by atoms with Crippen LogP contribution in [0, 0.1) is 0 Å². The molecule has 0 radical (unpaired) electrons. The number of aromatic nitrogens is 4. The molecule has 0 aliphatic heterocycles. The summed E-state index contributed by atoms with van der Waals surface area (Å²) in [6, 6.07) is 9.84. The number of nitrogens with zero attached hydrogens (tertiary/aromatic N) is 5. The predicted octanol–water partition coefficient (Wildman–Crippen LogP) is 2.87. The highest BCUT2D eigenvalue weighted by atomic mass is 127. The van der Waals surface area contributed by atoms with Crippen molar-refractivity contribution in [2.45, 2.75) is 33.4 Å². The van der Waals surface area contributed by atoms with Gasteiger partial charge in [0.2, 0.25) is 5.89 Å². The summed E-state index contributed by atoms with van der Waals surface area (Å²) in [7, 11) is 0. The average Bonchev–Trinajstić information content (AvgIpc) is 3.36. The van der Waals surface area contributed by atoms with Crippen molar-refractivity contribution in [3.05, 3.63) is 54.4 Å². The highest BCUT2D eigenvalue weighted by molar-refractivity contribution is 14.0. The normalized spacial score (nSPS) is 11.1. The molecule has 8 nitrogen and oxygen atoms in total. The predicted molar refractivity (Wildman–Crippen MR) is 120 cm³/mol. The molecule has 28 heavy (non-hydrogen) atoms. The van der Waals surface area contributed by atoms with Gasteiger partial charge in [-0.05, 0) is 19.1 Å². The fraction of sp³-hybridized carbons (Fsp3) is 0.368. The first-order chi connectivity index (χ1) is 13.3. The van der Waals surface area contributed by atoms with E-state index in [9.17, 15) is 0 Å². The topological polar surface area (TPSA) is 93.2 Å². The van der Waals surface area contributed by atoms with Crippen molar-refractivity contribution in [2.24, 2.45) is 4.99 Å². The Hall–Kier alpha value is -2.43. The van der Waals surface area contributed by atoms with Crippen LogP contribution in [0.25, 0.3) is 11.5 Å². The van der Waals surface area contributed by atoms with Gasteiger partial charge in [-0.1, -0.05) is 25.1 Å². The zero-order chi connectivity index (χ0) is 18.9. The van der Waals surface area contributed by atoms with Crippen molar-refractivity contribution in [3.8, 4) is 11.5 Å². The minimum Gasteiger partial charge on any atom is -0.444 e. The number of aliphatic imine (C=N–C) groups is 1. The van der Waals surface area contributed by atoms with Gasteiger partial charge >= 0.3 is 0 Å². The molecule has 0 amide bonds. The van der Waals surface area contributed by atoms with Crippen molar-refractivity contribution < 1.29 is 4.42 Å². The quantitative estimate of drug-likeness (QED) is 0.284. The average molecular weight is 495 g/mol. The van der Waals surface area contributed by atoms with Crippen LogP contribution in [0.4, 0.5) is 0 Å². The molecule has 3 aromatic rings. The molecule has 0 saturated heterocycles. The highest BCUT2D eigenvalue weighted by Gasteiger charge is 2.06. The van der Waals surface area contributed by atoms with E-state index in [1.165, 1.54) is 0 Å². The molecule has 0 unspecified atom stereocenters. The van der Waals surface area contributed by atoms with Gasteiger partial charge in [-0.2, -0.15) is 0 Å². The van der Waals surface area contributed by atoms with Gasteiger partial charge in [0.15, 0.2) is 5.96 Å². The standard InChI is InChI=1S/C19H25N7O.HI/c1-3-17-25-23-14-26(17)11-10-21-19(20-4-2)22-12-16-13-27-18(24-16)15-8-6-5-7-9-15;/h5-9,13-14H,3-4,10-12H2,1-2H3,(H2,20,21,22);1H. The largest absolute Gasteiger partial charge is 0.444 e. The molecule has 0 atom stereocenters. The first-order valence-corrected chi connectivity index (χ1v) is 9.18. The van der Waals surface area contributed by atoms with Crippen LogP contribution in [-0.2, 0) is 19.5 Å². The lowest BCUT2D eigenvalue weighted by atomic mass is 10.2. The van der Waals surface area contributed by atoms with Crippen LogP contribution in [-0.4, -0.2) is 38.8 Å². The molecule has 0 spiro atoms. The van der Waals surface area contributed by atoms with E-state index >= 15 is 0 Å². The SMILES string of the molecule is CCNC(=NCc1coc(-c2ccccc2)n1)NCCn1cnnc1CC.I. The molecular weight excluding hydrogens is 469 g/mol. The highest BCUT2D eigenvalue weighted by Crippen LogP contribution is 2.18. The molecular formula is C19H26IN7O. The van der Waals surface area contributed by atoms with Gasteiger partial charge in [-0.3, -0.25) is 0 Å². The summed E-state index contributed by atoms with van der Waals surface area (Å²) in [6.45, 7) is 6.84.